The fourth-order valence-electron chi connectivity index (χ4n) is 3.57. The molecular formula is C18H29NO. The van der Waals surface area contributed by atoms with Gasteiger partial charge >= 0.3 is 0 Å². The molecule has 2 unspecified atom stereocenters. The summed E-state index contributed by atoms with van der Waals surface area (Å²) in [6, 6.07) is 8.19. The van der Waals surface area contributed by atoms with Crippen molar-refractivity contribution in [3.05, 3.63) is 29.8 Å². The number of rotatable bonds is 4. The highest BCUT2D eigenvalue weighted by Crippen LogP contribution is 2.34. The molecular weight excluding hydrogens is 246 g/mol. The Bertz CT molecular complexity index is 416. The van der Waals surface area contributed by atoms with Gasteiger partial charge in [0.25, 0.3) is 0 Å². The lowest BCUT2D eigenvalue weighted by atomic mass is 9.89. The first-order chi connectivity index (χ1) is 9.63. The molecule has 0 amide bonds. The number of nitrogens with zero attached hydrogens (tertiary/aromatic N) is 1. The standard InChI is InChI=1S/C18H29NO/c1-4-17(16-9-5-6-10-18(16)20)19-12-7-8-15(11-13-19)14(2)3/h5-6,9-10,14-15,17,20H,4,7-8,11-13H2,1-3H3. The number of benzene rings is 1. The van der Waals surface area contributed by atoms with Crippen molar-refractivity contribution >= 4 is 0 Å². The van der Waals surface area contributed by atoms with Gasteiger partial charge in [-0.15, -0.1) is 0 Å². The summed E-state index contributed by atoms with van der Waals surface area (Å²) in [5, 5.41) is 10.1. The second kappa shape index (κ2) is 7.12. The zero-order valence-corrected chi connectivity index (χ0v) is 13.2. The molecule has 1 aliphatic rings. The quantitative estimate of drug-likeness (QED) is 0.868. The molecule has 0 aromatic heterocycles. The number of aromatic hydroxyl groups is 1. The number of likely N-dealkylation sites (tertiary alicyclic amines) is 1. The van der Waals surface area contributed by atoms with Crippen molar-refractivity contribution in [2.45, 2.75) is 52.5 Å². The van der Waals surface area contributed by atoms with E-state index >= 15 is 0 Å². The van der Waals surface area contributed by atoms with Crippen molar-refractivity contribution in [2.24, 2.45) is 11.8 Å². The maximum absolute atomic E-state index is 10.1. The number of phenolic OH excluding ortho intramolecular Hbond substituents is 1. The molecule has 1 fully saturated rings. The van der Waals surface area contributed by atoms with Crippen LogP contribution in [-0.2, 0) is 0 Å². The van der Waals surface area contributed by atoms with Crippen molar-refractivity contribution in [3.63, 3.8) is 0 Å². The highest BCUT2D eigenvalue weighted by atomic mass is 16.3. The number of para-hydroxylation sites is 1. The van der Waals surface area contributed by atoms with Gasteiger partial charge in [-0.3, -0.25) is 4.90 Å². The van der Waals surface area contributed by atoms with E-state index in [2.05, 4.69) is 31.7 Å². The Morgan fingerprint density at radius 2 is 1.95 bits per heavy atom. The monoisotopic (exact) mass is 275 g/mol. The second-order valence-electron chi connectivity index (χ2n) is 6.45. The highest BCUT2D eigenvalue weighted by molar-refractivity contribution is 5.34. The number of hydrogen-bond donors (Lipinski definition) is 1. The molecule has 1 aliphatic heterocycles. The molecule has 112 valence electrons. The minimum absolute atomic E-state index is 0.363. The minimum Gasteiger partial charge on any atom is -0.508 e. The van der Waals surface area contributed by atoms with Crippen LogP contribution in [0.4, 0.5) is 0 Å². The summed E-state index contributed by atoms with van der Waals surface area (Å²) < 4.78 is 0. The molecule has 0 radical (unpaired) electrons. The van der Waals surface area contributed by atoms with Crippen LogP contribution in [0.5, 0.6) is 5.75 Å². The van der Waals surface area contributed by atoms with Crippen LogP contribution in [0.2, 0.25) is 0 Å². The van der Waals surface area contributed by atoms with Crippen molar-refractivity contribution in [1.82, 2.24) is 4.90 Å². The van der Waals surface area contributed by atoms with Crippen LogP contribution in [0.15, 0.2) is 24.3 Å². The fraction of sp³-hybridized carbons (Fsp3) is 0.667. The molecule has 1 N–H and O–H groups in total. The van der Waals surface area contributed by atoms with Gasteiger partial charge in [-0.25, -0.2) is 0 Å². The van der Waals surface area contributed by atoms with E-state index in [1.807, 2.05) is 18.2 Å². The van der Waals surface area contributed by atoms with Crippen LogP contribution in [0, 0.1) is 11.8 Å². The van der Waals surface area contributed by atoms with Gasteiger partial charge in [-0.1, -0.05) is 39.0 Å². The Morgan fingerprint density at radius 3 is 2.60 bits per heavy atom. The molecule has 1 aromatic rings. The van der Waals surface area contributed by atoms with Crippen LogP contribution in [0.25, 0.3) is 0 Å². The van der Waals surface area contributed by atoms with E-state index in [0.29, 0.717) is 11.8 Å². The van der Waals surface area contributed by atoms with E-state index in [4.69, 9.17) is 0 Å². The fourth-order valence-corrected chi connectivity index (χ4v) is 3.57. The first-order valence-corrected chi connectivity index (χ1v) is 8.15. The zero-order chi connectivity index (χ0) is 14.5. The molecule has 1 saturated heterocycles. The van der Waals surface area contributed by atoms with E-state index in [0.717, 1.165) is 36.9 Å². The molecule has 2 atom stereocenters. The van der Waals surface area contributed by atoms with Gasteiger partial charge in [0.15, 0.2) is 0 Å². The van der Waals surface area contributed by atoms with E-state index in [1.165, 1.54) is 19.3 Å². The van der Waals surface area contributed by atoms with Crippen LogP contribution in [0.3, 0.4) is 0 Å². The molecule has 2 heteroatoms. The predicted molar refractivity (Wildman–Crippen MR) is 84.9 cm³/mol. The maximum Gasteiger partial charge on any atom is 0.120 e. The minimum atomic E-state index is 0.363. The van der Waals surface area contributed by atoms with E-state index in [9.17, 15) is 5.11 Å². The van der Waals surface area contributed by atoms with Crippen LogP contribution in [0.1, 0.15) is 58.1 Å². The lowest BCUT2D eigenvalue weighted by Gasteiger charge is -2.31. The Balaban J connectivity index is 2.10. The van der Waals surface area contributed by atoms with Gasteiger partial charge in [-0.2, -0.15) is 0 Å². The van der Waals surface area contributed by atoms with Crippen LogP contribution >= 0.6 is 0 Å². The zero-order valence-electron chi connectivity index (χ0n) is 13.2. The third kappa shape index (κ3) is 3.54. The summed E-state index contributed by atoms with van der Waals surface area (Å²) in [5.74, 6) is 2.10. The summed E-state index contributed by atoms with van der Waals surface area (Å²) in [7, 11) is 0. The normalized spacial score (nSPS) is 22.7. The highest BCUT2D eigenvalue weighted by Gasteiger charge is 2.25. The maximum atomic E-state index is 10.1. The van der Waals surface area contributed by atoms with Gasteiger partial charge in [0.05, 0.1) is 0 Å². The summed E-state index contributed by atoms with van der Waals surface area (Å²) >= 11 is 0. The van der Waals surface area contributed by atoms with Crippen LogP contribution < -0.4 is 0 Å². The first-order valence-electron chi connectivity index (χ1n) is 8.15. The van der Waals surface area contributed by atoms with Crippen molar-refractivity contribution in [2.75, 3.05) is 13.1 Å². The number of hydrogen-bond acceptors (Lipinski definition) is 2. The van der Waals surface area contributed by atoms with E-state index in [-0.39, 0.29) is 0 Å². The Morgan fingerprint density at radius 1 is 1.20 bits per heavy atom. The number of phenols is 1. The lowest BCUT2D eigenvalue weighted by molar-refractivity contribution is 0.191. The molecule has 2 rings (SSSR count). The topological polar surface area (TPSA) is 23.5 Å². The third-order valence-corrected chi connectivity index (χ3v) is 4.87. The Hall–Kier alpha value is -1.02. The molecule has 0 spiro atoms. The van der Waals surface area contributed by atoms with Gasteiger partial charge in [0.2, 0.25) is 0 Å². The summed E-state index contributed by atoms with van der Waals surface area (Å²) in [5.41, 5.74) is 1.10. The second-order valence-corrected chi connectivity index (χ2v) is 6.45. The SMILES string of the molecule is CCC(c1ccccc1O)N1CCCC(C(C)C)CC1. The van der Waals surface area contributed by atoms with E-state index < -0.39 is 0 Å². The predicted octanol–water partition coefficient (Wildman–Crippen LogP) is 4.60. The van der Waals surface area contributed by atoms with Crippen molar-refractivity contribution in [1.29, 1.82) is 0 Å². The molecule has 1 aromatic carbocycles. The molecule has 0 aliphatic carbocycles. The third-order valence-electron chi connectivity index (χ3n) is 4.87. The Labute approximate surface area is 123 Å². The molecule has 0 bridgehead atoms. The van der Waals surface area contributed by atoms with Gasteiger partial charge in [0.1, 0.15) is 5.75 Å². The molecule has 2 nitrogen and oxygen atoms in total. The Kier molecular flexibility index (Phi) is 5.47. The summed E-state index contributed by atoms with van der Waals surface area (Å²) in [6.07, 6.45) is 4.99. The average molecular weight is 275 g/mol. The smallest absolute Gasteiger partial charge is 0.120 e. The summed E-state index contributed by atoms with van der Waals surface area (Å²) in [4.78, 5) is 2.58. The van der Waals surface area contributed by atoms with Crippen molar-refractivity contribution in [3.8, 4) is 5.75 Å². The first kappa shape index (κ1) is 15.4. The van der Waals surface area contributed by atoms with Crippen LogP contribution in [-0.4, -0.2) is 23.1 Å². The van der Waals surface area contributed by atoms with E-state index in [1.54, 1.807) is 0 Å². The lowest BCUT2D eigenvalue weighted by Crippen LogP contribution is -2.29. The summed E-state index contributed by atoms with van der Waals surface area (Å²) in [6.45, 7) is 9.25. The molecule has 1 heterocycles. The molecule has 20 heavy (non-hydrogen) atoms. The van der Waals surface area contributed by atoms with Gasteiger partial charge < -0.3 is 5.11 Å². The van der Waals surface area contributed by atoms with Crippen molar-refractivity contribution < 1.29 is 5.11 Å². The van der Waals surface area contributed by atoms with Gasteiger partial charge in [-0.05, 0) is 56.7 Å². The molecule has 0 saturated carbocycles. The average Bonchev–Trinajstić information content (AvgIpc) is 2.68. The largest absolute Gasteiger partial charge is 0.508 e. The van der Waals surface area contributed by atoms with Gasteiger partial charge in [0, 0.05) is 11.6 Å².